The smallest absolute Gasteiger partial charge is 0.317 e. The van der Waals surface area contributed by atoms with Crippen molar-refractivity contribution in [2.75, 3.05) is 43.9 Å². The Kier molecular flexibility index (Phi) is 12.4. The fraction of sp³-hybridized carbons (Fsp3) is 0.577. The highest BCUT2D eigenvalue weighted by Gasteiger charge is 2.17. The summed E-state index contributed by atoms with van der Waals surface area (Å²) >= 11 is 0. The van der Waals surface area contributed by atoms with Gasteiger partial charge in [0.2, 0.25) is 5.95 Å². The third-order valence-corrected chi connectivity index (χ3v) is 6.01. The van der Waals surface area contributed by atoms with Crippen LogP contribution in [0.2, 0.25) is 0 Å². The van der Waals surface area contributed by atoms with E-state index in [9.17, 15) is 18.7 Å². The molecule has 11 heteroatoms. The number of hydrogen-bond donors (Lipinski definition) is 4. The lowest BCUT2D eigenvalue weighted by molar-refractivity contribution is -0.138. The van der Waals surface area contributed by atoms with Crippen LogP contribution < -0.4 is 15.8 Å². The van der Waals surface area contributed by atoms with E-state index in [1.807, 2.05) is 32.0 Å². The van der Waals surface area contributed by atoms with Gasteiger partial charge in [0.1, 0.15) is 11.6 Å². The van der Waals surface area contributed by atoms with Gasteiger partial charge in [0, 0.05) is 36.9 Å². The van der Waals surface area contributed by atoms with Crippen molar-refractivity contribution < 1.29 is 28.5 Å². The zero-order valence-electron chi connectivity index (χ0n) is 21.8. The van der Waals surface area contributed by atoms with Gasteiger partial charge in [-0.25, -0.2) is 13.8 Å². The van der Waals surface area contributed by atoms with Gasteiger partial charge in [0.25, 0.3) is 6.43 Å². The number of aliphatic hydroxyl groups is 1. The maximum Gasteiger partial charge on any atom is 0.317 e. The van der Waals surface area contributed by atoms with Crippen molar-refractivity contribution in [1.82, 2.24) is 14.9 Å². The highest BCUT2D eigenvalue weighted by atomic mass is 19.3. The topological polar surface area (TPSA) is 134 Å². The van der Waals surface area contributed by atoms with Crippen LogP contribution in [-0.2, 0) is 11.2 Å². The van der Waals surface area contributed by atoms with Crippen molar-refractivity contribution in [3.8, 4) is 5.75 Å². The van der Waals surface area contributed by atoms with E-state index in [2.05, 4.69) is 22.2 Å². The molecule has 0 saturated carbocycles. The lowest BCUT2D eigenvalue weighted by Crippen LogP contribution is -2.35. The Labute approximate surface area is 217 Å². The lowest BCUT2D eigenvalue weighted by Gasteiger charge is -2.21. The highest BCUT2D eigenvalue weighted by Crippen LogP contribution is 2.26. The van der Waals surface area contributed by atoms with Crippen molar-refractivity contribution in [2.24, 2.45) is 0 Å². The van der Waals surface area contributed by atoms with Crippen molar-refractivity contribution in [3.63, 3.8) is 0 Å². The van der Waals surface area contributed by atoms with Gasteiger partial charge in [-0.1, -0.05) is 19.4 Å². The van der Waals surface area contributed by atoms with Crippen LogP contribution in [0.3, 0.4) is 0 Å². The van der Waals surface area contributed by atoms with Crippen LogP contribution in [0.5, 0.6) is 5.75 Å². The molecule has 0 spiro atoms. The van der Waals surface area contributed by atoms with Crippen LogP contribution in [-0.4, -0.2) is 76.4 Å². The molecule has 0 bridgehead atoms. The minimum Gasteiger partial charge on any atom is -0.494 e. The molecule has 5 N–H and O–H groups in total. The third-order valence-electron chi connectivity index (χ3n) is 6.01. The molecule has 0 aliphatic rings. The lowest BCUT2D eigenvalue weighted by atomic mass is 9.99. The first-order valence-corrected chi connectivity index (χ1v) is 12.6. The average molecular weight is 524 g/mol. The van der Waals surface area contributed by atoms with E-state index in [1.165, 1.54) is 4.90 Å². The molecule has 2 rings (SSSR count). The quantitative estimate of drug-likeness (QED) is 0.229. The standard InChI is InChI=1S/C26H39F2N5O4/c1-4-6-20(9-11-34)31-25-22(18(3)30-26(29)32-25)14-19-7-8-21(13-17(19)2)37-12-5-10-33(15-23(27)28)16-24(35)36/h7-8,13,20,23,34H,4-6,9-12,14-16H2,1-3H3,(H,35,36)(H3,29,30,31,32)/t20-/m0/s1. The maximum atomic E-state index is 12.7. The summed E-state index contributed by atoms with van der Waals surface area (Å²) in [6.07, 6.45) is 0.882. The second-order valence-corrected chi connectivity index (χ2v) is 9.12. The molecule has 1 heterocycles. The number of hydrogen-bond acceptors (Lipinski definition) is 8. The molecular formula is C26H39F2N5O4. The van der Waals surface area contributed by atoms with Gasteiger partial charge in [-0.3, -0.25) is 9.69 Å². The summed E-state index contributed by atoms with van der Waals surface area (Å²) in [5, 5.41) is 21.8. The number of carboxylic acid groups (broad SMARTS) is 1. The number of carboxylic acids is 1. The molecule has 0 amide bonds. The summed E-state index contributed by atoms with van der Waals surface area (Å²) in [5.74, 6) is 0.377. The molecule has 1 aromatic heterocycles. The first-order chi connectivity index (χ1) is 17.6. The van der Waals surface area contributed by atoms with Crippen molar-refractivity contribution >= 4 is 17.7 Å². The number of carbonyl (C=O) groups is 1. The van der Waals surface area contributed by atoms with Gasteiger partial charge in [-0.2, -0.15) is 4.98 Å². The number of halogens is 2. The number of nitrogen functional groups attached to an aromatic ring is 1. The van der Waals surface area contributed by atoms with Crippen molar-refractivity contribution in [1.29, 1.82) is 0 Å². The Morgan fingerprint density at radius 1 is 1.24 bits per heavy atom. The van der Waals surface area contributed by atoms with Gasteiger partial charge in [-0.15, -0.1) is 0 Å². The molecule has 1 aromatic carbocycles. The Balaban J connectivity index is 2.06. The second kappa shape index (κ2) is 15.3. The maximum absolute atomic E-state index is 12.7. The van der Waals surface area contributed by atoms with E-state index in [0.717, 1.165) is 35.2 Å². The van der Waals surface area contributed by atoms with E-state index in [0.29, 0.717) is 30.8 Å². The predicted molar refractivity (Wildman–Crippen MR) is 139 cm³/mol. The number of aryl methyl sites for hydroxylation is 2. The molecule has 0 radical (unpaired) electrons. The normalized spacial score (nSPS) is 12.2. The SMILES string of the molecule is CCC[C@@H](CCO)Nc1nc(N)nc(C)c1Cc1ccc(OCCCN(CC(=O)O)CC(F)F)cc1C. The molecule has 0 fully saturated rings. The Morgan fingerprint density at radius 3 is 2.62 bits per heavy atom. The van der Waals surface area contributed by atoms with E-state index < -0.39 is 25.5 Å². The number of alkyl halides is 2. The molecule has 37 heavy (non-hydrogen) atoms. The van der Waals surface area contributed by atoms with Crippen LogP contribution in [0.25, 0.3) is 0 Å². The summed E-state index contributed by atoms with van der Waals surface area (Å²) in [6, 6.07) is 5.81. The van der Waals surface area contributed by atoms with Gasteiger partial charge in [0.05, 0.1) is 19.7 Å². The number of nitrogens with two attached hydrogens (primary N) is 1. The molecular weight excluding hydrogens is 484 g/mol. The van der Waals surface area contributed by atoms with Gasteiger partial charge in [0.15, 0.2) is 0 Å². The monoisotopic (exact) mass is 523 g/mol. The van der Waals surface area contributed by atoms with E-state index >= 15 is 0 Å². The molecule has 0 saturated heterocycles. The summed E-state index contributed by atoms with van der Waals surface area (Å²) in [5.41, 5.74) is 9.70. The molecule has 0 aliphatic heterocycles. The van der Waals surface area contributed by atoms with Crippen LogP contribution >= 0.6 is 0 Å². The highest BCUT2D eigenvalue weighted by molar-refractivity contribution is 5.69. The van der Waals surface area contributed by atoms with Crippen molar-refractivity contribution in [3.05, 3.63) is 40.6 Å². The minimum absolute atomic E-state index is 0.0754. The van der Waals surface area contributed by atoms with Gasteiger partial charge in [-0.05, 0) is 56.4 Å². The summed E-state index contributed by atoms with van der Waals surface area (Å²) < 4.78 is 31.1. The van der Waals surface area contributed by atoms with Crippen LogP contribution in [0.15, 0.2) is 18.2 Å². The number of nitrogens with one attached hydrogen (secondary N) is 1. The first-order valence-electron chi connectivity index (χ1n) is 12.6. The fourth-order valence-corrected chi connectivity index (χ4v) is 4.18. The summed E-state index contributed by atoms with van der Waals surface area (Å²) in [6.45, 7) is 5.52. The molecule has 1 atom stereocenters. The van der Waals surface area contributed by atoms with Crippen molar-refractivity contribution in [2.45, 2.75) is 65.3 Å². The summed E-state index contributed by atoms with van der Waals surface area (Å²) in [4.78, 5) is 20.9. The number of anilines is 2. The summed E-state index contributed by atoms with van der Waals surface area (Å²) in [7, 11) is 0. The number of rotatable bonds is 17. The average Bonchev–Trinajstić information content (AvgIpc) is 2.79. The molecule has 0 aliphatic carbocycles. The van der Waals surface area contributed by atoms with Crippen LogP contribution in [0, 0.1) is 13.8 Å². The molecule has 9 nitrogen and oxygen atoms in total. The molecule has 0 unspecified atom stereocenters. The zero-order chi connectivity index (χ0) is 27.4. The van der Waals surface area contributed by atoms with Gasteiger partial charge < -0.3 is 26.0 Å². The minimum atomic E-state index is -2.59. The number of aliphatic hydroxyl groups excluding tert-OH is 1. The van der Waals surface area contributed by atoms with E-state index in [4.69, 9.17) is 15.6 Å². The number of nitrogens with zero attached hydrogens (tertiary/aromatic N) is 3. The third kappa shape index (κ3) is 10.5. The Hall–Kier alpha value is -3.05. The Bertz CT molecular complexity index is 1000. The largest absolute Gasteiger partial charge is 0.494 e. The van der Waals surface area contributed by atoms with Gasteiger partial charge >= 0.3 is 5.97 Å². The van der Waals surface area contributed by atoms with E-state index in [1.54, 1.807) is 0 Å². The molecule has 2 aromatic rings. The first kappa shape index (κ1) is 30.2. The zero-order valence-corrected chi connectivity index (χ0v) is 21.8. The Morgan fingerprint density at radius 2 is 2.00 bits per heavy atom. The fourth-order valence-electron chi connectivity index (χ4n) is 4.18. The van der Waals surface area contributed by atoms with E-state index in [-0.39, 0.29) is 31.7 Å². The second-order valence-electron chi connectivity index (χ2n) is 9.12. The number of benzene rings is 1. The molecule has 206 valence electrons. The number of ether oxygens (including phenoxy) is 1. The predicted octanol–water partition coefficient (Wildman–Crippen LogP) is 3.65. The van der Waals surface area contributed by atoms with Crippen LogP contribution in [0.1, 0.15) is 55.0 Å². The van der Waals surface area contributed by atoms with Crippen LogP contribution in [0.4, 0.5) is 20.5 Å². The number of aliphatic carboxylic acids is 1. The number of aromatic nitrogens is 2.